The Hall–Kier alpha value is -1.78. The van der Waals surface area contributed by atoms with Crippen molar-refractivity contribution in [1.82, 2.24) is 4.90 Å². The predicted molar refractivity (Wildman–Crippen MR) is 79.5 cm³/mol. The van der Waals surface area contributed by atoms with E-state index in [1.165, 1.54) is 0 Å². The fourth-order valence-electron chi connectivity index (χ4n) is 2.71. The number of fused-ring (bicyclic) bond motifs is 1. The highest BCUT2D eigenvalue weighted by Crippen LogP contribution is 2.38. The standard InChI is InChI=1S/C15H11Cl2NO3/c16-9-3-1-8(2-4-9)14(19)13-11(17)7-12-10(15(20)21)5-6-18(12)13/h1-4,7,13H,5-6H2,(H,20,21). The average Bonchev–Trinajstić information content (AvgIpc) is 2.96. The highest BCUT2D eigenvalue weighted by Gasteiger charge is 2.40. The third-order valence-corrected chi connectivity index (χ3v) is 4.27. The van der Waals surface area contributed by atoms with Gasteiger partial charge in [0, 0.05) is 22.8 Å². The van der Waals surface area contributed by atoms with Crippen LogP contribution in [0.25, 0.3) is 0 Å². The molecule has 0 radical (unpaired) electrons. The summed E-state index contributed by atoms with van der Waals surface area (Å²) in [6.07, 6.45) is 1.99. The lowest BCUT2D eigenvalue weighted by atomic mass is 10.0. The molecular weight excluding hydrogens is 313 g/mol. The molecule has 0 aliphatic carbocycles. The van der Waals surface area contributed by atoms with Crippen LogP contribution in [0.3, 0.4) is 0 Å². The van der Waals surface area contributed by atoms with Crippen molar-refractivity contribution in [3.8, 4) is 0 Å². The molecule has 0 saturated heterocycles. The molecule has 0 aromatic heterocycles. The van der Waals surface area contributed by atoms with Crippen molar-refractivity contribution >= 4 is 35.0 Å². The molecule has 4 nitrogen and oxygen atoms in total. The summed E-state index contributed by atoms with van der Waals surface area (Å²) >= 11 is 12.0. The summed E-state index contributed by atoms with van der Waals surface area (Å²) in [7, 11) is 0. The summed E-state index contributed by atoms with van der Waals surface area (Å²) in [6.45, 7) is 0.480. The van der Waals surface area contributed by atoms with Gasteiger partial charge in [0.1, 0.15) is 6.04 Å². The first-order valence-corrected chi connectivity index (χ1v) is 7.14. The third-order valence-electron chi connectivity index (χ3n) is 3.70. The quantitative estimate of drug-likeness (QED) is 0.868. The minimum Gasteiger partial charge on any atom is -0.478 e. The maximum Gasteiger partial charge on any atom is 0.333 e. The number of nitrogens with zero attached hydrogens (tertiary/aromatic N) is 1. The molecule has 3 rings (SSSR count). The van der Waals surface area contributed by atoms with Crippen LogP contribution in [-0.2, 0) is 4.79 Å². The fourth-order valence-corrected chi connectivity index (χ4v) is 3.15. The van der Waals surface area contributed by atoms with E-state index in [1.54, 1.807) is 35.2 Å². The topological polar surface area (TPSA) is 57.6 Å². The molecule has 2 aliphatic heterocycles. The number of aliphatic carboxylic acids is 1. The summed E-state index contributed by atoms with van der Waals surface area (Å²) in [5, 5.41) is 10.1. The zero-order chi connectivity index (χ0) is 15.1. The van der Waals surface area contributed by atoms with Gasteiger partial charge in [-0.15, -0.1) is 0 Å². The molecule has 1 aromatic rings. The monoisotopic (exact) mass is 323 g/mol. The molecule has 6 heteroatoms. The second kappa shape index (κ2) is 5.20. The fraction of sp³-hybridized carbons (Fsp3) is 0.200. The van der Waals surface area contributed by atoms with Gasteiger partial charge in [-0.25, -0.2) is 4.79 Å². The maximum absolute atomic E-state index is 12.6. The van der Waals surface area contributed by atoms with Crippen LogP contribution in [0.1, 0.15) is 16.8 Å². The van der Waals surface area contributed by atoms with Crippen LogP contribution in [-0.4, -0.2) is 34.3 Å². The summed E-state index contributed by atoms with van der Waals surface area (Å²) in [5.74, 6) is -1.12. The number of hydrogen-bond acceptors (Lipinski definition) is 3. The Kier molecular flexibility index (Phi) is 3.51. The van der Waals surface area contributed by atoms with Crippen molar-refractivity contribution in [2.24, 2.45) is 0 Å². The van der Waals surface area contributed by atoms with Gasteiger partial charge in [-0.2, -0.15) is 0 Å². The maximum atomic E-state index is 12.6. The molecule has 21 heavy (non-hydrogen) atoms. The second-order valence-electron chi connectivity index (χ2n) is 4.92. The minimum absolute atomic E-state index is 0.158. The number of rotatable bonds is 3. The van der Waals surface area contributed by atoms with Crippen molar-refractivity contribution in [2.45, 2.75) is 12.5 Å². The Balaban J connectivity index is 1.94. The lowest BCUT2D eigenvalue weighted by Crippen LogP contribution is -2.35. The number of carboxylic acid groups (broad SMARTS) is 1. The van der Waals surface area contributed by atoms with E-state index >= 15 is 0 Å². The Bertz CT molecular complexity index is 691. The van der Waals surface area contributed by atoms with Crippen molar-refractivity contribution in [3.05, 3.63) is 57.2 Å². The minimum atomic E-state index is -0.965. The van der Waals surface area contributed by atoms with E-state index in [-0.39, 0.29) is 5.78 Å². The molecule has 1 N–H and O–H groups in total. The largest absolute Gasteiger partial charge is 0.478 e. The molecular formula is C15H11Cl2NO3. The summed E-state index contributed by atoms with van der Waals surface area (Å²) in [6, 6.07) is 5.94. The van der Waals surface area contributed by atoms with Crippen LogP contribution in [0.5, 0.6) is 0 Å². The number of carbonyl (C=O) groups is 2. The lowest BCUT2D eigenvalue weighted by Gasteiger charge is -2.23. The summed E-state index contributed by atoms with van der Waals surface area (Å²) < 4.78 is 0. The summed E-state index contributed by atoms with van der Waals surface area (Å²) in [5.41, 5.74) is 1.35. The first-order chi connectivity index (χ1) is 9.99. The van der Waals surface area contributed by atoms with Crippen LogP contribution in [0.15, 0.2) is 46.6 Å². The van der Waals surface area contributed by atoms with Crippen LogP contribution in [0, 0.1) is 0 Å². The average molecular weight is 324 g/mol. The van der Waals surface area contributed by atoms with Crippen LogP contribution in [0.2, 0.25) is 5.02 Å². The van der Waals surface area contributed by atoms with E-state index in [0.717, 1.165) is 0 Å². The molecule has 1 unspecified atom stereocenters. The van der Waals surface area contributed by atoms with Gasteiger partial charge in [-0.3, -0.25) is 4.79 Å². The first-order valence-electron chi connectivity index (χ1n) is 6.39. The number of hydrogen-bond donors (Lipinski definition) is 1. The van der Waals surface area contributed by atoms with E-state index in [9.17, 15) is 9.59 Å². The zero-order valence-corrected chi connectivity index (χ0v) is 12.4. The molecule has 2 heterocycles. The normalized spacial score (nSPS) is 20.6. The van der Waals surface area contributed by atoms with Gasteiger partial charge in [0.25, 0.3) is 0 Å². The van der Waals surface area contributed by atoms with Crippen LogP contribution < -0.4 is 0 Å². The van der Waals surface area contributed by atoms with Gasteiger partial charge in [0.15, 0.2) is 5.78 Å². The number of ketones is 1. The van der Waals surface area contributed by atoms with E-state index < -0.39 is 12.0 Å². The summed E-state index contributed by atoms with van der Waals surface area (Å²) in [4.78, 5) is 25.5. The lowest BCUT2D eigenvalue weighted by molar-refractivity contribution is -0.132. The second-order valence-corrected chi connectivity index (χ2v) is 5.79. The Morgan fingerprint density at radius 3 is 2.48 bits per heavy atom. The first kappa shape index (κ1) is 14.2. The molecule has 1 aromatic carbocycles. The molecule has 2 aliphatic rings. The van der Waals surface area contributed by atoms with Crippen molar-refractivity contribution in [2.75, 3.05) is 6.54 Å². The van der Waals surface area contributed by atoms with Crippen LogP contribution >= 0.6 is 23.2 Å². The van der Waals surface area contributed by atoms with E-state index in [4.69, 9.17) is 28.3 Å². The van der Waals surface area contributed by atoms with Gasteiger partial charge in [-0.05, 0) is 36.8 Å². The van der Waals surface area contributed by atoms with E-state index in [1.807, 2.05) is 0 Å². The molecule has 0 bridgehead atoms. The number of carbonyl (C=O) groups excluding carboxylic acids is 1. The zero-order valence-electron chi connectivity index (χ0n) is 10.8. The SMILES string of the molecule is O=C(O)C1=C2C=C(Cl)C(C(=O)c3ccc(Cl)cc3)N2CC1. The Labute approximate surface area is 131 Å². The number of Topliss-reactive ketones (excluding diaryl/α,β-unsaturated/α-hetero) is 1. The highest BCUT2D eigenvalue weighted by molar-refractivity contribution is 6.34. The van der Waals surface area contributed by atoms with Gasteiger partial charge in [-0.1, -0.05) is 23.2 Å². The van der Waals surface area contributed by atoms with E-state index in [0.29, 0.717) is 39.9 Å². The van der Waals surface area contributed by atoms with Crippen molar-refractivity contribution < 1.29 is 14.7 Å². The van der Waals surface area contributed by atoms with Crippen molar-refractivity contribution in [3.63, 3.8) is 0 Å². The molecule has 0 fully saturated rings. The van der Waals surface area contributed by atoms with Gasteiger partial charge < -0.3 is 10.0 Å². The Morgan fingerprint density at radius 2 is 1.86 bits per heavy atom. The van der Waals surface area contributed by atoms with Gasteiger partial charge >= 0.3 is 5.97 Å². The molecule has 0 saturated carbocycles. The Morgan fingerprint density at radius 1 is 1.19 bits per heavy atom. The van der Waals surface area contributed by atoms with Gasteiger partial charge in [0.05, 0.1) is 10.6 Å². The predicted octanol–water partition coefficient (Wildman–Crippen LogP) is 3.07. The van der Waals surface area contributed by atoms with E-state index in [2.05, 4.69) is 0 Å². The molecule has 108 valence electrons. The molecule has 0 spiro atoms. The smallest absolute Gasteiger partial charge is 0.333 e. The van der Waals surface area contributed by atoms with Gasteiger partial charge in [0.2, 0.25) is 0 Å². The molecule has 0 amide bonds. The third kappa shape index (κ3) is 2.34. The number of halogens is 2. The van der Waals surface area contributed by atoms with Crippen molar-refractivity contribution in [1.29, 1.82) is 0 Å². The highest BCUT2D eigenvalue weighted by atomic mass is 35.5. The van der Waals surface area contributed by atoms with Crippen LogP contribution in [0.4, 0.5) is 0 Å². The number of benzene rings is 1. The number of allylic oxidation sites excluding steroid dienone is 1. The molecule has 1 atom stereocenters. The number of carboxylic acids is 1.